The third kappa shape index (κ3) is 3.64. The first-order chi connectivity index (χ1) is 12.5. The molecule has 2 aromatic carbocycles. The van der Waals surface area contributed by atoms with Crippen molar-refractivity contribution in [2.45, 2.75) is 25.1 Å². The van der Waals surface area contributed by atoms with Gasteiger partial charge in [0.1, 0.15) is 5.75 Å². The standard InChI is InChI=1S/C19H13Cl2F3O3/c1-10(17(25)26)4-11-2-3-16-12(5-11)9-18(27-16,19(22,23)24)13-6-14(20)8-15(21)7-13/h2-8H,9H2,1H3,(H,25,26). The molecule has 142 valence electrons. The second kappa shape index (κ2) is 6.77. The lowest BCUT2D eigenvalue weighted by Gasteiger charge is -2.31. The van der Waals surface area contributed by atoms with Crippen LogP contribution in [0.2, 0.25) is 10.0 Å². The number of alkyl halides is 3. The van der Waals surface area contributed by atoms with Crippen LogP contribution < -0.4 is 4.74 Å². The Morgan fingerprint density at radius 1 is 1.19 bits per heavy atom. The molecule has 0 fully saturated rings. The average Bonchev–Trinajstić information content (AvgIpc) is 2.93. The van der Waals surface area contributed by atoms with Crippen molar-refractivity contribution >= 4 is 35.2 Å². The second-order valence-corrected chi connectivity index (χ2v) is 7.13. The molecule has 1 aliphatic rings. The summed E-state index contributed by atoms with van der Waals surface area (Å²) in [7, 11) is 0. The van der Waals surface area contributed by atoms with E-state index in [0.717, 1.165) is 0 Å². The van der Waals surface area contributed by atoms with Crippen LogP contribution in [0, 0.1) is 0 Å². The van der Waals surface area contributed by atoms with E-state index in [4.69, 9.17) is 33.0 Å². The maximum absolute atomic E-state index is 14.0. The van der Waals surface area contributed by atoms with Crippen molar-refractivity contribution in [1.82, 2.24) is 0 Å². The van der Waals surface area contributed by atoms with E-state index in [1.807, 2.05) is 0 Å². The third-order valence-electron chi connectivity index (χ3n) is 4.32. The lowest BCUT2D eigenvalue weighted by Crippen LogP contribution is -2.46. The van der Waals surface area contributed by atoms with E-state index in [1.165, 1.54) is 49.4 Å². The third-order valence-corrected chi connectivity index (χ3v) is 4.75. The van der Waals surface area contributed by atoms with Gasteiger partial charge in [-0.1, -0.05) is 29.3 Å². The number of carboxylic acids is 1. The van der Waals surface area contributed by atoms with Crippen LogP contribution in [0.5, 0.6) is 5.75 Å². The zero-order valence-corrected chi connectivity index (χ0v) is 15.4. The number of hydrogen-bond donors (Lipinski definition) is 1. The summed E-state index contributed by atoms with van der Waals surface area (Å²) < 4.78 is 47.5. The Labute approximate surface area is 163 Å². The van der Waals surface area contributed by atoms with E-state index in [9.17, 15) is 18.0 Å². The maximum Gasteiger partial charge on any atom is 0.432 e. The molecule has 3 rings (SSSR count). The highest BCUT2D eigenvalue weighted by molar-refractivity contribution is 6.34. The van der Waals surface area contributed by atoms with Crippen LogP contribution in [0.25, 0.3) is 6.08 Å². The highest BCUT2D eigenvalue weighted by Crippen LogP contribution is 2.51. The Morgan fingerprint density at radius 3 is 2.37 bits per heavy atom. The lowest BCUT2D eigenvalue weighted by atomic mass is 9.88. The van der Waals surface area contributed by atoms with E-state index in [0.29, 0.717) is 11.1 Å². The minimum absolute atomic E-state index is 0.0672. The summed E-state index contributed by atoms with van der Waals surface area (Å²) in [5.74, 6) is -1.03. The molecule has 1 heterocycles. The smallest absolute Gasteiger partial charge is 0.432 e. The molecule has 27 heavy (non-hydrogen) atoms. The summed E-state index contributed by atoms with van der Waals surface area (Å²) in [5, 5.41) is 9.10. The molecule has 1 unspecified atom stereocenters. The molecule has 0 radical (unpaired) electrons. The minimum Gasteiger partial charge on any atom is -0.478 e. The van der Waals surface area contributed by atoms with Crippen molar-refractivity contribution in [2.75, 3.05) is 0 Å². The lowest BCUT2D eigenvalue weighted by molar-refractivity contribution is -0.248. The molecule has 0 saturated carbocycles. The van der Waals surface area contributed by atoms with Crippen molar-refractivity contribution in [3.8, 4) is 5.75 Å². The van der Waals surface area contributed by atoms with E-state index in [1.54, 1.807) is 0 Å². The number of rotatable bonds is 3. The van der Waals surface area contributed by atoms with Crippen molar-refractivity contribution in [3.63, 3.8) is 0 Å². The fraction of sp³-hybridized carbons (Fsp3) is 0.211. The van der Waals surface area contributed by atoms with Crippen LogP contribution >= 0.6 is 23.2 Å². The maximum atomic E-state index is 14.0. The molecule has 0 aromatic heterocycles. The normalized spacial score (nSPS) is 19.6. The van der Waals surface area contributed by atoms with Crippen molar-refractivity contribution in [1.29, 1.82) is 0 Å². The number of carbonyl (C=O) groups is 1. The van der Waals surface area contributed by atoms with Gasteiger partial charge in [-0.25, -0.2) is 4.79 Å². The molecular weight excluding hydrogens is 404 g/mol. The molecular formula is C19H13Cl2F3O3. The van der Waals surface area contributed by atoms with E-state index in [2.05, 4.69) is 0 Å². The van der Waals surface area contributed by atoms with Gasteiger partial charge in [-0.05, 0) is 54.5 Å². The van der Waals surface area contributed by atoms with Gasteiger partial charge in [0.15, 0.2) is 0 Å². The number of carboxylic acid groups (broad SMARTS) is 1. The van der Waals surface area contributed by atoms with Gasteiger partial charge in [-0.15, -0.1) is 0 Å². The quantitative estimate of drug-likeness (QED) is 0.635. The fourth-order valence-corrected chi connectivity index (χ4v) is 3.53. The van der Waals surface area contributed by atoms with E-state index < -0.39 is 24.2 Å². The number of benzene rings is 2. The summed E-state index contributed by atoms with van der Waals surface area (Å²) in [6.07, 6.45) is -3.82. The number of fused-ring (bicyclic) bond motifs is 1. The highest BCUT2D eigenvalue weighted by Gasteiger charge is 2.61. The Kier molecular flexibility index (Phi) is 4.91. The van der Waals surface area contributed by atoms with Gasteiger partial charge in [-0.2, -0.15) is 13.2 Å². The predicted octanol–water partition coefficient (Wildman–Crippen LogP) is 5.87. The first-order valence-corrected chi connectivity index (χ1v) is 8.54. The van der Waals surface area contributed by atoms with Crippen LogP contribution in [0.1, 0.15) is 23.6 Å². The van der Waals surface area contributed by atoms with Gasteiger partial charge in [-0.3, -0.25) is 0 Å². The number of ether oxygens (including phenoxy) is 1. The van der Waals surface area contributed by atoms with Crippen LogP contribution in [0.15, 0.2) is 42.0 Å². The number of hydrogen-bond acceptors (Lipinski definition) is 2. The molecule has 0 aliphatic carbocycles. The van der Waals surface area contributed by atoms with Crippen molar-refractivity contribution in [2.24, 2.45) is 0 Å². The molecule has 2 aromatic rings. The van der Waals surface area contributed by atoms with Gasteiger partial charge in [0, 0.05) is 27.6 Å². The summed E-state index contributed by atoms with van der Waals surface area (Å²) in [4.78, 5) is 11.0. The minimum atomic E-state index is -4.73. The molecule has 1 aliphatic heterocycles. The van der Waals surface area contributed by atoms with E-state index in [-0.39, 0.29) is 26.9 Å². The molecule has 0 bridgehead atoms. The Morgan fingerprint density at radius 2 is 1.81 bits per heavy atom. The largest absolute Gasteiger partial charge is 0.478 e. The summed E-state index contributed by atoms with van der Waals surface area (Å²) in [6.45, 7) is 1.40. The van der Waals surface area contributed by atoms with E-state index >= 15 is 0 Å². The van der Waals surface area contributed by atoms with Gasteiger partial charge in [0.25, 0.3) is 0 Å². The number of aliphatic carboxylic acids is 1. The van der Waals surface area contributed by atoms with Crippen LogP contribution in [0.3, 0.4) is 0 Å². The van der Waals surface area contributed by atoms with Gasteiger partial charge in [0.2, 0.25) is 5.60 Å². The Balaban J connectivity index is 2.08. The molecule has 1 N–H and O–H groups in total. The second-order valence-electron chi connectivity index (χ2n) is 6.26. The average molecular weight is 417 g/mol. The van der Waals surface area contributed by atoms with Crippen molar-refractivity contribution < 1.29 is 27.8 Å². The summed E-state index contributed by atoms with van der Waals surface area (Å²) in [5.41, 5.74) is -1.96. The number of halogens is 5. The summed E-state index contributed by atoms with van der Waals surface area (Å²) in [6, 6.07) is 8.10. The van der Waals surface area contributed by atoms with Gasteiger partial charge >= 0.3 is 12.1 Å². The fourth-order valence-electron chi connectivity index (χ4n) is 3.00. The molecule has 3 nitrogen and oxygen atoms in total. The van der Waals surface area contributed by atoms with Crippen LogP contribution in [-0.2, 0) is 16.8 Å². The highest BCUT2D eigenvalue weighted by atomic mass is 35.5. The molecule has 1 atom stereocenters. The zero-order chi connectivity index (χ0) is 20.0. The van der Waals surface area contributed by atoms with Crippen molar-refractivity contribution in [3.05, 3.63) is 68.7 Å². The van der Waals surface area contributed by atoms with Crippen LogP contribution in [-0.4, -0.2) is 17.3 Å². The monoisotopic (exact) mass is 416 g/mol. The van der Waals surface area contributed by atoms with Crippen LogP contribution in [0.4, 0.5) is 13.2 Å². The predicted molar refractivity (Wildman–Crippen MR) is 96.3 cm³/mol. The molecule has 0 spiro atoms. The van der Waals surface area contributed by atoms with Gasteiger partial charge < -0.3 is 9.84 Å². The summed E-state index contributed by atoms with van der Waals surface area (Å²) >= 11 is 11.8. The SMILES string of the molecule is CC(=Cc1ccc2c(c1)CC(c1cc(Cl)cc(Cl)c1)(C(F)(F)F)O2)C(=O)O. The Hall–Kier alpha value is -2.18. The zero-order valence-electron chi connectivity index (χ0n) is 13.9. The van der Waals surface area contributed by atoms with Gasteiger partial charge in [0.05, 0.1) is 0 Å². The first kappa shape index (κ1) is 19.6. The Bertz CT molecular complexity index is 933. The topological polar surface area (TPSA) is 46.5 Å². The molecule has 0 saturated heterocycles. The molecule has 0 amide bonds. The first-order valence-electron chi connectivity index (χ1n) is 7.79. The molecule has 8 heteroatoms.